The van der Waals surface area contributed by atoms with Crippen molar-refractivity contribution < 1.29 is 19.8 Å². The quantitative estimate of drug-likeness (QED) is 0.766. The lowest BCUT2D eigenvalue weighted by atomic mass is 10.2. The van der Waals surface area contributed by atoms with E-state index in [9.17, 15) is 9.59 Å². The molecule has 2 N–H and O–H groups in total. The van der Waals surface area contributed by atoms with Crippen LogP contribution in [0.5, 0.6) is 0 Å². The van der Waals surface area contributed by atoms with Gasteiger partial charge < -0.3 is 10.2 Å². The van der Waals surface area contributed by atoms with Gasteiger partial charge in [-0.15, -0.1) is 5.10 Å². The van der Waals surface area contributed by atoms with Crippen LogP contribution in [0, 0.1) is 0 Å². The third kappa shape index (κ3) is 2.80. The van der Waals surface area contributed by atoms with Gasteiger partial charge in [0.25, 0.3) is 0 Å². The van der Waals surface area contributed by atoms with E-state index < -0.39 is 11.9 Å². The van der Waals surface area contributed by atoms with Gasteiger partial charge in [-0.1, -0.05) is 0 Å². The summed E-state index contributed by atoms with van der Waals surface area (Å²) < 4.78 is 1.30. The number of benzene rings is 1. The van der Waals surface area contributed by atoms with E-state index in [0.717, 1.165) is 6.08 Å². The van der Waals surface area contributed by atoms with Gasteiger partial charge in [-0.25, -0.2) is 9.59 Å². The molecule has 0 bridgehead atoms. The third-order valence-corrected chi connectivity index (χ3v) is 2.23. The van der Waals surface area contributed by atoms with Crippen LogP contribution in [0.25, 0.3) is 11.8 Å². The summed E-state index contributed by atoms with van der Waals surface area (Å²) in [5.74, 6) is -1.92. The minimum Gasteiger partial charge on any atom is -0.478 e. The first-order valence-corrected chi connectivity index (χ1v) is 5.11. The standard InChI is InChI=1S/C11H8N4O4/c16-10(17)6-5-9-12-13-14-15(9)8-3-1-7(2-4-8)11(18)19/h1-6H,(H,16,17)(H,18,19)/b6-5+. The number of hydrogen-bond donors (Lipinski definition) is 2. The van der Waals surface area contributed by atoms with Crippen LogP contribution >= 0.6 is 0 Å². The van der Waals surface area contributed by atoms with Crippen molar-refractivity contribution in [3.8, 4) is 5.69 Å². The van der Waals surface area contributed by atoms with Gasteiger partial charge >= 0.3 is 11.9 Å². The molecule has 1 heterocycles. The number of aromatic carboxylic acids is 1. The first-order valence-electron chi connectivity index (χ1n) is 5.11. The highest BCUT2D eigenvalue weighted by molar-refractivity contribution is 5.87. The third-order valence-electron chi connectivity index (χ3n) is 2.23. The van der Waals surface area contributed by atoms with Gasteiger partial charge in [-0.05, 0) is 40.8 Å². The summed E-state index contributed by atoms with van der Waals surface area (Å²) in [6.07, 6.45) is 2.15. The Bertz CT molecular complexity index is 645. The van der Waals surface area contributed by atoms with Crippen molar-refractivity contribution in [2.24, 2.45) is 0 Å². The lowest BCUT2D eigenvalue weighted by molar-refractivity contribution is -0.131. The maximum absolute atomic E-state index is 10.7. The average Bonchev–Trinajstić information content (AvgIpc) is 2.84. The molecular formula is C11H8N4O4. The number of carboxylic acids is 2. The van der Waals surface area contributed by atoms with E-state index in [1.807, 2.05) is 0 Å². The lowest BCUT2D eigenvalue weighted by Gasteiger charge is -2.01. The molecule has 2 aromatic rings. The molecule has 1 aromatic carbocycles. The van der Waals surface area contributed by atoms with Crippen LogP contribution in [0.15, 0.2) is 30.3 Å². The van der Waals surface area contributed by atoms with Crippen molar-refractivity contribution >= 4 is 18.0 Å². The average molecular weight is 260 g/mol. The summed E-state index contributed by atoms with van der Waals surface area (Å²) in [5.41, 5.74) is 0.666. The Morgan fingerprint density at radius 1 is 1.16 bits per heavy atom. The molecule has 8 nitrogen and oxygen atoms in total. The zero-order chi connectivity index (χ0) is 13.8. The molecule has 2 rings (SSSR count). The van der Waals surface area contributed by atoms with E-state index in [-0.39, 0.29) is 11.4 Å². The first kappa shape index (κ1) is 12.4. The van der Waals surface area contributed by atoms with E-state index >= 15 is 0 Å². The Hall–Kier alpha value is -3.03. The number of carbonyl (C=O) groups is 2. The van der Waals surface area contributed by atoms with Gasteiger partial charge in [0.1, 0.15) is 0 Å². The van der Waals surface area contributed by atoms with Crippen molar-refractivity contribution in [1.82, 2.24) is 20.2 Å². The maximum atomic E-state index is 10.7. The van der Waals surface area contributed by atoms with Gasteiger partial charge in [0, 0.05) is 6.08 Å². The second kappa shape index (κ2) is 5.08. The number of tetrazole rings is 1. The summed E-state index contributed by atoms with van der Waals surface area (Å²) in [7, 11) is 0. The van der Waals surface area contributed by atoms with Crippen molar-refractivity contribution in [1.29, 1.82) is 0 Å². The van der Waals surface area contributed by atoms with E-state index in [1.165, 1.54) is 35.0 Å². The minimum absolute atomic E-state index is 0.138. The molecule has 0 spiro atoms. The maximum Gasteiger partial charge on any atom is 0.335 e. The predicted octanol–water partition coefficient (Wildman–Crippen LogP) is 0.458. The molecule has 0 aliphatic heterocycles. The van der Waals surface area contributed by atoms with Crippen molar-refractivity contribution in [3.05, 3.63) is 41.7 Å². The number of nitrogens with zero attached hydrogens (tertiary/aromatic N) is 4. The predicted molar refractivity (Wildman–Crippen MR) is 62.8 cm³/mol. The summed E-state index contributed by atoms with van der Waals surface area (Å²) in [4.78, 5) is 21.2. The molecule has 0 amide bonds. The number of aliphatic carboxylic acids is 1. The van der Waals surface area contributed by atoms with E-state index in [0.29, 0.717) is 5.69 Å². The van der Waals surface area contributed by atoms with Gasteiger partial charge in [-0.2, -0.15) is 4.68 Å². The smallest absolute Gasteiger partial charge is 0.335 e. The Morgan fingerprint density at radius 2 is 1.84 bits per heavy atom. The molecule has 0 aliphatic carbocycles. The molecule has 19 heavy (non-hydrogen) atoms. The number of rotatable bonds is 4. The number of carboxylic acid groups (broad SMARTS) is 2. The highest BCUT2D eigenvalue weighted by atomic mass is 16.4. The van der Waals surface area contributed by atoms with Crippen LogP contribution < -0.4 is 0 Å². The molecule has 0 saturated carbocycles. The molecule has 0 unspecified atom stereocenters. The highest BCUT2D eigenvalue weighted by Crippen LogP contribution is 2.10. The minimum atomic E-state index is -1.12. The normalized spacial score (nSPS) is 10.7. The number of hydrogen-bond acceptors (Lipinski definition) is 5. The second-order valence-electron chi connectivity index (χ2n) is 3.47. The van der Waals surface area contributed by atoms with Crippen molar-refractivity contribution in [3.63, 3.8) is 0 Å². The van der Waals surface area contributed by atoms with Gasteiger partial charge in [-0.3, -0.25) is 0 Å². The molecule has 0 saturated heterocycles. The Morgan fingerprint density at radius 3 is 2.42 bits per heavy atom. The van der Waals surface area contributed by atoms with Crippen molar-refractivity contribution in [2.45, 2.75) is 0 Å². The summed E-state index contributed by atoms with van der Waals surface area (Å²) in [5, 5.41) is 28.1. The molecular weight excluding hydrogens is 252 g/mol. The lowest BCUT2D eigenvalue weighted by Crippen LogP contribution is -2.02. The Balaban J connectivity index is 2.34. The first-order chi connectivity index (χ1) is 9.08. The SMILES string of the molecule is O=C(O)/C=C/c1nnnn1-c1ccc(C(=O)O)cc1. The second-order valence-corrected chi connectivity index (χ2v) is 3.47. The molecule has 0 fully saturated rings. The fraction of sp³-hybridized carbons (Fsp3) is 0. The highest BCUT2D eigenvalue weighted by Gasteiger charge is 2.07. The van der Waals surface area contributed by atoms with Gasteiger partial charge in [0.2, 0.25) is 0 Å². The van der Waals surface area contributed by atoms with Crippen LogP contribution in [0.4, 0.5) is 0 Å². The summed E-state index contributed by atoms with van der Waals surface area (Å²) >= 11 is 0. The van der Waals surface area contributed by atoms with Gasteiger partial charge in [0.05, 0.1) is 11.3 Å². The topological polar surface area (TPSA) is 118 Å². The summed E-state index contributed by atoms with van der Waals surface area (Å²) in [6.45, 7) is 0. The molecule has 8 heteroatoms. The molecule has 0 radical (unpaired) electrons. The molecule has 1 aromatic heterocycles. The fourth-order valence-electron chi connectivity index (χ4n) is 1.37. The monoisotopic (exact) mass is 260 g/mol. The van der Waals surface area contributed by atoms with Crippen LogP contribution in [0.3, 0.4) is 0 Å². The zero-order valence-electron chi connectivity index (χ0n) is 9.46. The Labute approximate surface area is 106 Å². The van der Waals surface area contributed by atoms with Crippen LogP contribution in [0.1, 0.15) is 16.2 Å². The molecule has 0 aliphatic rings. The van der Waals surface area contributed by atoms with Crippen LogP contribution in [-0.2, 0) is 4.79 Å². The van der Waals surface area contributed by atoms with E-state index in [2.05, 4.69) is 15.5 Å². The summed E-state index contributed by atoms with van der Waals surface area (Å²) in [6, 6.07) is 5.86. The molecule has 0 atom stereocenters. The van der Waals surface area contributed by atoms with Gasteiger partial charge in [0.15, 0.2) is 5.82 Å². The Kier molecular flexibility index (Phi) is 3.33. The largest absolute Gasteiger partial charge is 0.478 e. The fourth-order valence-corrected chi connectivity index (χ4v) is 1.37. The van der Waals surface area contributed by atoms with E-state index in [1.54, 1.807) is 0 Å². The van der Waals surface area contributed by atoms with Crippen LogP contribution in [-0.4, -0.2) is 42.4 Å². The molecule has 96 valence electrons. The van der Waals surface area contributed by atoms with E-state index in [4.69, 9.17) is 10.2 Å². The van der Waals surface area contributed by atoms with Crippen LogP contribution in [0.2, 0.25) is 0 Å². The van der Waals surface area contributed by atoms with Crippen molar-refractivity contribution in [2.75, 3.05) is 0 Å². The number of aromatic nitrogens is 4. The zero-order valence-corrected chi connectivity index (χ0v) is 9.46.